The fourth-order valence-corrected chi connectivity index (χ4v) is 3.95. The first-order chi connectivity index (χ1) is 14.3. The minimum absolute atomic E-state index is 0.0695. The second-order valence-corrected chi connectivity index (χ2v) is 8.52. The fourth-order valence-electron chi connectivity index (χ4n) is 3.02. The SMILES string of the molecule is COc1cc(OC)cc(C(=O)N[C@@H](C(=O)NC[C@H](c2cccs2)N(C)C)C(C)C)c1. The zero-order valence-corrected chi connectivity index (χ0v) is 19.2. The number of carbonyl (C=O) groups is 2. The minimum Gasteiger partial charge on any atom is -0.497 e. The molecule has 0 saturated carbocycles. The van der Waals surface area contributed by atoms with Crippen LogP contribution in [0.1, 0.15) is 35.1 Å². The molecule has 2 amide bonds. The van der Waals surface area contributed by atoms with Gasteiger partial charge in [-0.1, -0.05) is 19.9 Å². The van der Waals surface area contributed by atoms with E-state index in [2.05, 4.69) is 21.6 Å². The van der Waals surface area contributed by atoms with Crippen molar-refractivity contribution in [3.05, 3.63) is 46.2 Å². The van der Waals surface area contributed by atoms with Crippen molar-refractivity contribution >= 4 is 23.2 Å². The molecule has 30 heavy (non-hydrogen) atoms. The lowest BCUT2D eigenvalue weighted by atomic mass is 10.0. The number of nitrogens with zero attached hydrogens (tertiary/aromatic N) is 1. The van der Waals surface area contributed by atoms with Crippen LogP contribution in [0.2, 0.25) is 0 Å². The van der Waals surface area contributed by atoms with Gasteiger partial charge in [0.25, 0.3) is 5.91 Å². The Balaban J connectivity index is 2.09. The van der Waals surface area contributed by atoms with E-state index in [1.54, 1.807) is 29.5 Å². The summed E-state index contributed by atoms with van der Waals surface area (Å²) >= 11 is 1.65. The van der Waals surface area contributed by atoms with Gasteiger partial charge in [-0.3, -0.25) is 9.59 Å². The molecule has 2 aromatic rings. The molecule has 0 fully saturated rings. The minimum atomic E-state index is -0.666. The zero-order valence-electron chi connectivity index (χ0n) is 18.4. The van der Waals surface area contributed by atoms with Gasteiger partial charge in [-0.25, -0.2) is 0 Å². The molecule has 0 spiro atoms. The number of carbonyl (C=O) groups excluding carboxylic acids is 2. The number of amides is 2. The van der Waals surface area contributed by atoms with Crippen molar-refractivity contribution in [3.8, 4) is 11.5 Å². The average Bonchev–Trinajstić information content (AvgIpc) is 3.25. The Morgan fingerprint density at radius 2 is 1.73 bits per heavy atom. The van der Waals surface area contributed by atoms with Crippen LogP contribution in [0.4, 0.5) is 0 Å². The maximum absolute atomic E-state index is 12.9. The molecule has 0 unspecified atom stereocenters. The van der Waals surface area contributed by atoms with Gasteiger partial charge in [0.05, 0.1) is 20.3 Å². The lowest BCUT2D eigenvalue weighted by molar-refractivity contribution is -0.124. The van der Waals surface area contributed by atoms with Crippen LogP contribution in [0.15, 0.2) is 35.7 Å². The fraction of sp³-hybridized carbons (Fsp3) is 0.455. The van der Waals surface area contributed by atoms with E-state index in [4.69, 9.17) is 9.47 Å². The van der Waals surface area contributed by atoms with Gasteiger partial charge in [-0.05, 0) is 43.6 Å². The summed E-state index contributed by atoms with van der Waals surface area (Å²) in [6.45, 7) is 4.26. The molecule has 0 aliphatic rings. The highest BCUT2D eigenvalue weighted by Gasteiger charge is 2.26. The smallest absolute Gasteiger partial charge is 0.252 e. The largest absolute Gasteiger partial charge is 0.497 e. The molecule has 7 nitrogen and oxygen atoms in total. The summed E-state index contributed by atoms with van der Waals surface area (Å²) < 4.78 is 10.5. The molecule has 2 rings (SSSR count). The Kier molecular flexibility index (Phi) is 8.68. The first-order valence-electron chi connectivity index (χ1n) is 9.78. The Morgan fingerprint density at radius 1 is 1.10 bits per heavy atom. The van der Waals surface area contributed by atoms with E-state index in [1.165, 1.54) is 19.1 Å². The van der Waals surface area contributed by atoms with E-state index in [0.29, 0.717) is 23.6 Å². The molecule has 0 radical (unpaired) electrons. The first-order valence-corrected chi connectivity index (χ1v) is 10.7. The van der Waals surface area contributed by atoms with Crippen LogP contribution >= 0.6 is 11.3 Å². The van der Waals surface area contributed by atoms with Crippen molar-refractivity contribution in [2.24, 2.45) is 5.92 Å². The van der Waals surface area contributed by atoms with E-state index >= 15 is 0 Å². The predicted octanol–water partition coefficient (Wildman–Crippen LogP) is 2.94. The Labute approximate surface area is 182 Å². The van der Waals surface area contributed by atoms with Crippen LogP contribution in [0.25, 0.3) is 0 Å². The highest BCUT2D eigenvalue weighted by Crippen LogP contribution is 2.23. The van der Waals surface area contributed by atoms with Crippen molar-refractivity contribution < 1.29 is 19.1 Å². The number of hydrogen-bond acceptors (Lipinski definition) is 6. The lowest BCUT2D eigenvalue weighted by Gasteiger charge is -2.26. The second kappa shape index (κ2) is 11.0. The second-order valence-electron chi connectivity index (χ2n) is 7.54. The Morgan fingerprint density at radius 3 is 2.20 bits per heavy atom. The third kappa shape index (κ3) is 6.21. The summed E-state index contributed by atoms with van der Waals surface area (Å²) in [7, 11) is 7.01. The van der Waals surface area contributed by atoms with Crippen molar-refractivity contribution in [2.45, 2.75) is 25.9 Å². The Hall–Kier alpha value is -2.58. The summed E-state index contributed by atoms with van der Waals surface area (Å²) in [6.07, 6.45) is 0. The molecule has 2 atom stereocenters. The van der Waals surface area contributed by atoms with Crippen molar-refractivity contribution in [2.75, 3.05) is 34.9 Å². The molecule has 0 aliphatic heterocycles. The lowest BCUT2D eigenvalue weighted by Crippen LogP contribution is -2.51. The number of methoxy groups -OCH3 is 2. The Bertz CT molecular complexity index is 815. The number of benzene rings is 1. The molecule has 164 valence electrons. The highest BCUT2D eigenvalue weighted by molar-refractivity contribution is 7.10. The molecule has 2 N–H and O–H groups in total. The first kappa shape index (κ1) is 23.7. The molecule has 1 aromatic carbocycles. The molecule has 0 saturated heterocycles. The summed E-state index contributed by atoms with van der Waals surface area (Å²) in [5.41, 5.74) is 0.370. The number of rotatable bonds is 10. The van der Waals surface area contributed by atoms with Gasteiger partial charge >= 0.3 is 0 Å². The van der Waals surface area contributed by atoms with Crippen molar-refractivity contribution in [1.29, 1.82) is 0 Å². The topological polar surface area (TPSA) is 79.9 Å². The number of ether oxygens (including phenoxy) is 2. The molecule has 8 heteroatoms. The van der Waals surface area contributed by atoms with Crippen LogP contribution in [0, 0.1) is 5.92 Å². The zero-order chi connectivity index (χ0) is 22.3. The van der Waals surface area contributed by atoms with Crippen LogP contribution in [0.3, 0.4) is 0 Å². The number of hydrogen-bond donors (Lipinski definition) is 2. The number of likely N-dealkylation sites (N-methyl/N-ethyl adjacent to an activating group) is 1. The van der Waals surface area contributed by atoms with E-state index in [1.807, 2.05) is 39.4 Å². The average molecular weight is 434 g/mol. The van der Waals surface area contributed by atoms with Crippen molar-refractivity contribution in [1.82, 2.24) is 15.5 Å². The number of nitrogens with one attached hydrogen (secondary N) is 2. The van der Waals surface area contributed by atoms with E-state index < -0.39 is 6.04 Å². The van der Waals surface area contributed by atoms with Crippen molar-refractivity contribution in [3.63, 3.8) is 0 Å². The summed E-state index contributed by atoms with van der Waals surface area (Å²) in [5.74, 6) is 0.366. The molecule has 1 aromatic heterocycles. The summed E-state index contributed by atoms with van der Waals surface area (Å²) in [5, 5.41) is 7.87. The van der Waals surface area contributed by atoms with Crippen LogP contribution in [0.5, 0.6) is 11.5 Å². The highest BCUT2D eigenvalue weighted by atomic mass is 32.1. The standard InChI is InChI=1S/C22H31N3O4S/c1-14(2)20(22(27)23-13-18(25(3)4)19-8-7-9-30-19)24-21(26)15-10-16(28-5)12-17(11-15)29-6/h7-12,14,18,20H,13H2,1-6H3,(H,23,27)(H,24,26)/t18-,20-/m1/s1. The van der Waals surface area contributed by atoms with Gasteiger partial charge in [0.15, 0.2) is 0 Å². The summed E-state index contributed by atoms with van der Waals surface area (Å²) in [4.78, 5) is 29.0. The van der Waals surface area contributed by atoms with Gasteiger partial charge in [-0.2, -0.15) is 0 Å². The molecule has 1 heterocycles. The van der Waals surface area contributed by atoms with Crippen LogP contribution < -0.4 is 20.1 Å². The van der Waals surface area contributed by atoms with E-state index in [9.17, 15) is 9.59 Å². The van der Waals surface area contributed by atoms with Gasteiger partial charge in [0.1, 0.15) is 17.5 Å². The monoisotopic (exact) mass is 433 g/mol. The molecular formula is C22H31N3O4S. The van der Waals surface area contributed by atoms with Crippen LogP contribution in [-0.2, 0) is 4.79 Å². The third-order valence-corrected chi connectivity index (χ3v) is 5.79. The third-order valence-electron chi connectivity index (χ3n) is 4.81. The van der Waals surface area contributed by atoms with Gasteiger partial charge in [-0.15, -0.1) is 11.3 Å². The maximum Gasteiger partial charge on any atom is 0.252 e. The molecule has 0 aliphatic carbocycles. The quantitative estimate of drug-likeness (QED) is 0.602. The maximum atomic E-state index is 12.9. The number of thiophene rings is 1. The van der Waals surface area contributed by atoms with E-state index in [0.717, 1.165) is 0 Å². The summed E-state index contributed by atoms with van der Waals surface area (Å²) in [6, 6.07) is 8.38. The van der Waals surface area contributed by atoms with Gasteiger partial charge in [0, 0.05) is 23.1 Å². The van der Waals surface area contributed by atoms with Gasteiger partial charge in [0.2, 0.25) is 5.91 Å². The van der Waals surface area contributed by atoms with Crippen LogP contribution in [-0.4, -0.2) is 57.6 Å². The van der Waals surface area contributed by atoms with Gasteiger partial charge < -0.3 is 25.0 Å². The predicted molar refractivity (Wildman–Crippen MR) is 119 cm³/mol. The molecule has 0 bridgehead atoms. The normalized spacial score (nSPS) is 13.1. The molecular weight excluding hydrogens is 402 g/mol. The van der Waals surface area contributed by atoms with E-state index in [-0.39, 0.29) is 23.8 Å².